The highest BCUT2D eigenvalue weighted by Gasteiger charge is 2.22. The van der Waals surface area contributed by atoms with Crippen LogP contribution in [0.25, 0.3) is 0 Å². The highest BCUT2D eigenvalue weighted by Crippen LogP contribution is 2.25. The normalized spacial score (nSPS) is 17.6. The molecule has 1 aliphatic heterocycles. The maximum Gasteiger partial charge on any atom is 0.240 e. The van der Waals surface area contributed by atoms with Crippen LogP contribution in [0.1, 0.15) is 24.8 Å². The van der Waals surface area contributed by atoms with E-state index in [1.54, 1.807) is 12.1 Å². The molecule has 0 bridgehead atoms. The molecule has 0 radical (unpaired) electrons. The highest BCUT2D eigenvalue weighted by atomic mass is 32.2. The molecule has 1 aliphatic carbocycles. The first-order chi connectivity index (χ1) is 10.0. The lowest BCUT2D eigenvalue weighted by molar-refractivity contribution is -0.115. The van der Waals surface area contributed by atoms with Gasteiger partial charge in [0.05, 0.1) is 11.3 Å². The highest BCUT2D eigenvalue weighted by molar-refractivity contribution is 7.89. The summed E-state index contributed by atoms with van der Waals surface area (Å²) in [5.41, 5.74) is 1.44. The molecule has 1 heterocycles. The van der Waals surface area contributed by atoms with Crippen LogP contribution in [0.4, 0.5) is 5.69 Å². The third kappa shape index (κ3) is 3.61. The zero-order valence-corrected chi connectivity index (χ0v) is 12.5. The average Bonchev–Trinajstić information content (AvgIpc) is 3.17. The molecule has 1 saturated carbocycles. The van der Waals surface area contributed by atoms with Gasteiger partial charge in [0.1, 0.15) is 0 Å². The Morgan fingerprint density at radius 3 is 2.81 bits per heavy atom. The summed E-state index contributed by atoms with van der Waals surface area (Å²) >= 11 is 0. The van der Waals surface area contributed by atoms with Gasteiger partial charge < -0.3 is 10.6 Å². The second kappa shape index (κ2) is 5.75. The van der Waals surface area contributed by atoms with Gasteiger partial charge in [-0.1, -0.05) is 0 Å². The minimum absolute atomic E-state index is 0.0985. The average molecular weight is 309 g/mol. The predicted octanol–water partition coefficient (Wildman–Crippen LogP) is 0.602. The molecule has 0 unspecified atom stereocenters. The van der Waals surface area contributed by atoms with Crippen molar-refractivity contribution in [2.24, 2.45) is 0 Å². The molecular formula is C14H19N3O3S. The van der Waals surface area contributed by atoms with E-state index in [1.165, 1.54) is 18.9 Å². The number of sulfonamides is 1. The van der Waals surface area contributed by atoms with Crippen molar-refractivity contribution in [1.82, 2.24) is 10.0 Å². The lowest BCUT2D eigenvalue weighted by atomic mass is 10.2. The van der Waals surface area contributed by atoms with Crippen molar-refractivity contribution in [3.8, 4) is 0 Å². The van der Waals surface area contributed by atoms with E-state index in [0.29, 0.717) is 18.3 Å². The fraction of sp³-hybridized carbons (Fsp3) is 0.500. The van der Waals surface area contributed by atoms with E-state index in [4.69, 9.17) is 0 Å². The summed E-state index contributed by atoms with van der Waals surface area (Å²) in [6.07, 6.45) is 3.46. The standard InChI is InChI=1S/C14H19N3O3S/c18-14-9-10-8-12(4-5-13(10)17-14)21(19,20)16-7-1-6-15-11-2-3-11/h4-5,8,11,15-16H,1-3,6-7,9H2,(H,17,18). The molecule has 6 nitrogen and oxygen atoms in total. The Labute approximate surface area is 124 Å². The number of carbonyl (C=O) groups is 1. The maximum atomic E-state index is 12.2. The van der Waals surface area contributed by atoms with Crippen molar-refractivity contribution in [1.29, 1.82) is 0 Å². The van der Waals surface area contributed by atoms with Crippen LogP contribution in [-0.2, 0) is 21.2 Å². The fourth-order valence-electron chi connectivity index (χ4n) is 2.34. The third-order valence-corrected chi connectivity index (χ3v) is 5.13. The van der Waals surface area contributed by atoms with Gasteiger partial charge in [-0.3, -0.25) is 4.79 Å². The lowest BCUT2D eigenvalue weighted by Gasteiger charge is -2.08. The van der Waals surface area contributed by atoms with Crippen LogP contribution in [-0.4, -0.2) is 33.5 Å². The van der Waals surface area contributed by atoms with Gasteiger partial charge in [-0.05, 0) is 49.6 Å². The van der Waals surface area contributed by atoms with E-state index >= 15 is 0 Å². The molecule has 2 aliphatic rings. The van der Waals surface area contributed by atoms with Gasteiger partial charge in [0.25, 0.3) is 0 Å². The Morgan fingerprint density at radius 1 is 1.24 bits per heavy atom. The van der Waals surface area contributed by atoms with Crippen molar-refractivity contribution in [3.63, 3.8) is 0 Å². The summed E-state index contributed by atoms with van der Waals surface area (Å²) < 4.78 is 27.0. The van der Waals surface area contributed by atoms with E-state index < -0.39 is 10.0 Å². The number of amides is 1. The third-order valence-electron chi connectivity index (χ3n) is 3.67. The van der Waals surface area contributed by atoms with Crippen LogP contribution in [0.3, 0.4) is 0 Å². The zero-order chi connectivity index (χ0) is 14.9. The van der Waals surface area contributed by atoms with Gasteiger partial charge in [-0.15, -0.1) is 0 Å². The second-order valence-electron chi connectivity index (χ2n) is 5.52. The Hall–Kier alpha value is -1.44. The molecule has 0 spiro atoms. The fourth-order valence-corrected chi connectivity index (χ4v) is 3.47. The summed E-state index contributed by atoms with van der Waals surface area (Å²) in [6, 6.07) is 5.37. The summed E-state index contributed by atoms with van der Waals surface area (Å²) in [4.78, 5) is 11.5. The maximum absolute atomic E-state index is 12.2. The first-order valence-corrected chi connectivity index (χ1v) is 8.69. The molecular weight excluding hydrogens is 290 g/mol. The van der Waals surface area contributed by atoms with Crippen molar-refractivity contribution >= 4 is 21.6 Å². The molecule has 1 aromatic carbocycles. The quantitative estimate of drug-likeness (QED) is 0.644. The Kier molecular flexibility index (Phi) is 3.97. The Morgan fingerprint density at radius 2 is 2.05 bits per heavy atom. The number of hydrogen-bond donors (Lipinski definition) is 3. The van der Waals surface area contributed by atoms with Gasteiger partial charge in [-0.25, -0.2) is 13.1 Å². The van der Waals surface area contributed by atoms with Crippen molar-refractivity contribution < 1.29 is 13.2 Å². The van der Waals surface area contributed by atoms with Crippen LogP contribution in [0, 0.1) is 0 Å². The van der Waals surface area contributed by atoms with Gasteiger partial charge in [-0.2, -0.15) is 0 Å². The molecule has 7 heteroatoms. The summed E-state index contributed by atoms with van der Waals surface area (Å²) in [5.74, 6) is -0.0985. The van der Waals surface area contributed by atoms with Gasteiger partial charge in [0, 0.05) is 18.3 Å². The number of nitrogens with one attached hydrogen (secondary N) is 3. The molecule has 114 valence electrons. The molecule has 3 rings (SSSR count). The van der Waals surface area contributed by atoms with Gasteiger partial charge in [0.15, 0.2) is 0 Å². The molecule has 21 heavy (non-hydrogen) atoms. The first-order valence-electron chi connectivity index (χ1n) is 7.20. The predicted molar refractivity (Wildman–Crippen MR) is 79.6 cm³/mol. The van der Waals surface area contributed by atoms with Crippen LogP contribution >= 0.6 is 0 Å². The summed E-state index contributed by atoms with van der Waals surface area (Å²) in [6.45, 7) is 1.24. The molecule has 1 fully saturated rings. The lowest BCUT2D eigenvalue weighted by Crippen LogP contribution is -2.28. The number of carbonyl (C=O) groups excluding carboxylic acids is 1. The monoisotopic (exact) mass is 309 g/mol. The molecule has 3 N–H and O–H groups in total. The van der Waals surface area contributed by atoms with Gasteiger partial charge >= 0.3 is 0 Å². The van der Waals surface area contributed by atoms with Crippen LogP contribution < -0.4 is 15.4 Å². The Balaban J connectivity index is 1.56. The molecule has 0 saturated heterocycles. The first kappa shape index (κ1) is 14.5. The number of hydrogen-bond acceptors (Lipinski definition) is 4. The minimum Gasteiger partial charge on any atom is -0.326 e. The van der Waals surface area contributed by atoms with E-state index in [0.717, 1.165) is 18.5 Å². The van der Waals surface area contributed by atoms with E-state index in [2.05, 4.69) is 15.4 Å². The van der Waals surface area contributed by atoms with Crippen LogP contribution in [0.15, 0.2) is 23.1 Å². The van der Waals surface area contributed by atoms with Crippen LogP contribution in [0.2, 0.25) is 0 Å². The minimum atomic E-state index is -3.50. The smallest absolute Gasteiger partial charge is 0.240 e. The SMILES string of the molecule is O=C1Cc2cc(S(=O)(=O)NCCCNC3CC3)ccc2N1. The van der Waals surface area contributed by atoms with Crippen molar-refractivity contribution in [3.05, 3.63) is 23.8 Å². The number of fused-ring (bicyclic) bond motifs is 1. The van der Waals surface area contributed by atoms with E-state index in [9.17, 15) is 13.2 Å². The number of rotatable bonds is 7. The number of anilines is 1. The largest absolute Gasteiger partial charge is 0.326 e. The van der Waals surface area contributed by atoms with Crippen molar-refractivity contribution in [2.45, 2.75) is 36.6 Å². The van der Waals surface area contributed by atoms with Crippen LogP contribution in [0.5, 0.6) is 0 Å². The van der Waals surface area contributed by atoms with Gasteiger partial charge in [0.2, 0.25) is 15.9 Å². The Bertz CT molecular complexity index is 653. The van der Waals surface area contributed by atoms with E-state index in [1.807, 2.05) is 0 Å². The molecule has 0 atom stereocenters. The topological polar surface area (TPSA) is 87.3 Å². The molecule has 0 aromatic heterocycles. The van der Waals surface area contributed by atoms with Crippen molar-refractivity contribution in [2.75, 3.05) is 18.4 Å². The number of benzene rings is 1. The molecule has 1 amide bonds. The molecule has 1 aromatic rings. The zero-order valence-electron chi connectivity index (χ0n) is 11.7. The summed E-state index contributed by atoms with van der Waals surface area (Å²) in [5, 5.41) is 6.03. The van der Waals surface area contributed by atoms with E-state index in [-0.39, 0.29) is 17.2 Å². The second-order valence-corrected chi connectivity index (χ2v) is 7.29. The summed E-state index contributed by atoms with van der Waals surface area (Å²) in [7, 11) is -3.50.